The van der Waals surface area contributed by atoms with Gasteiger partial charge in [-0.1, -0.05) is 208 Å². The summed E-state index contributed by atoms with van der Waals surface area (Å²) in [6.45, 7) is 4.74. The predicted octanol–water partition coefficient (Wildman–Crippen LogP) is 16.3. The van der Waals surface area contributed by atoms with Crippen LogP contribution in [0, 0.1) is 0 Å². The van der Waals surface area contributed by atoms with E-state index in [4.69, 9.17) is 0 Å². The first kappa shape index (κ1) is 37.1. The molecule has 0 aromatic heterocycles. The van der Waals surface area contributed by atoms with Gasteiger partial charge in [0.25, 0.3) is 0 Å². The number of rotatable bonds is 7. The van der Waals surface area contributed by atoms with Crippen LogP contribution in [0.5, 0.6) is 0 Å². The van der Waals surface area contributed by atoms with Crippen molar-refractivity contribution in [2.45, 2.75) is 24.7 Å². The molecule has 0 amide bonds. The highest BCUT2D eigenvalue weighted by Crippen LogP contribution is 2.58. The molecule has 0 aliphatic heterocycles. The molecule has 0 radical (unpaired) electrons. The summed E-state index contributed by atoms with van der Waals surface area (Å²) >= 11 is 0. The molecule has 0 spiro atoms. The van der Waals surface area contributed by atoms with Crippen molar-refractivity contribution in [1.82, 2.24) is 0 Å². The predicted molar refractivity (Wildman–Crippen MR) is 264 cm³/mol. The van der Waals surface area contributed by atoms with Crippen molar-refractivity contribution >= 4 is 27.8 Å². The quantitative estimate of drug-likeness (QED) is 0.155. The molecule has 0 fully saturated rings. The number of hydrogen-bond acceptors (Lipinski definition) is 1. The Hall–Kier alpha value is -7.74. The molecule has 0 bridgehead atoms. The van der Waals surface area contributed by atoms with E-state index in [1.54, 1.807) is 0 Å². The Labute approximate surface area is 370 Å². The van der Waals surface area contributed by atoms with Crippen LogP contribution in [0.4, 0.5) is 17.1 Å². The van der Waals surface area contributed by atoms with Crippen molar-refractivity contribution < 1.29 is 0 Å². The van der Waals surface area contributed by atoms with Crippen molar-refractivity contribution in [2.24, 2.45) is 0 Å². The van der Waals surface area contributed by atoms with E-state index in [1.165, 1.54) is 88.7 Å². The summed E-state index contributed by atoms with van der Waals surface area (Å²) in [5.41, 5.74) is 20.7. The van der Waals surface area contributed by atoms with Crippen LogP contribution >= 0.6 is 0 Å². The zero-order valence-corrected chi connectivity index (χ0v) is 35.5. The molecule has 10 aromatic carbocycles. The normalized spacial score (nSPS) is 13.8. The fourth-order valence-electron chi connectivity index (χ4n) is 11.1. The second-order valence-corrected chi connectivity index (χ2v) is 17.7. The van der Waals surface area contributed by atoms with Crippen LogP contribution in [0.15, 0.2) is 237 Å². The molecule has 1 nitrogen and oxygen atoms in total. The molecule has 0 heterocycles. The average Bonchev–Trinajstić information content (AvgIpc) is 3.78. The lowest BCUT2D eigenvalue weighted by Crippen LogP contribution is -2.28. The minimum absolute atomic E-state index is 0.109. The second-order valence-electron chi connectivity index (χ2n) is 17.7. The molecule has 1 heteroatoms. The van der Waals surface area contributed by atoms with Crippen LogP contribution in [-0.2, 0) is 10.8 Å². The smallest absolute Gasteiger partial charge is 0.0714 e. The molecule has 0 saturated heterocycles. The fraction of sp³-hybridized carbons (Fsp3) is 0.0645. The second kappa shape index (κ2) is 14.4. The van der Waals surface area contributed by atoms with Crippen LogP contribution in [0.3, 0.4) is 0 Å². The van der Waals surface area contributed by atoms with Gasteiger partial charge in [0, 0.05) is 22.5 Å². The highest BCUT2D eigenvalue weighted by atomic mass is 15.1. The van der Waals surface area contributed by atoms with Gasteiger partial charge in [-0.2, -0.15) is 0 Å². The third-order valence-electron chi connectivity index (χ3n) is 13.9. The monoisotopic (exact) mass is 803 g/mol. The Balaban J connectivity index is 1.05. The molecule has 2 aliphatic carbocycles. The third-order valence-corrected chi connectivity index (χ3v) is 13.9. The Kier molecular flexibility index (Phi) is 8.49. The van der Waals surface area contributed by atoms with E-state index in [2.05, 4.69) is 255 Å². The molecule has 2 aliphatic rings. The largest absolute Gasteiger partial charge is 0.310 e. The molecule has 0 atom stereocenters. The number of benzene rings is 10. The highest BCUT2D eigenvalue weighted by molar-refractivity contribution is 5.93. The van der Waals surface area contributed by atoms with E-state index in [9.17, 15) is 0 Å². The first-order valence-electron chi connectivity index (χ1n) is 22.1. The standard InChI is InChI=1S/C62H45N/c1-61(2)57-29-13-11-26-54(57)56-28-16-27-52(60(56)61)43-33-35-49(36-34-43)63(50-24-15-19-45(40-50)46-32-31-42-17-9-10-18-44(42)39-46)51-37-38-55-53-25-12-14-30-58(53)62(59(55)41-51,47-20-5-3-6-21-47)48-22-7-4-8-23-48/h3-41H,1-2H3. The van der Waals surface area contributed by atoms with Gasteiger partial charge in [0.05, 0.1) is 5.41 Å². The van der Waals surface area contributed by atoms with E-state index in [0.29, 0.717) is 0 Å². The molecule has 0 unspecified atom stereocenters. The summed E-state index contributed by atoms with van der Waals surface area (Å²) in [6, 6.07) is 87.8. The highest BCUT2D eigenvalue weighted by Gasteiger charge is 2.46. The Morgan fingerprint density at radius 3 is 1.57 bits per heavy atom. The van der Waals surface area contributed by atoms with Gasteiger partial charge in [-0.15, -0.1) is 0 Å². The van der Waals surface area contributed by atoms with Gasteiger partial charge >= 0.3 is 0 Å². The van der Waals surface area contributed by atoms with Crippen molar-refractivity contribution in [3.63, 3.8) is 0 Å². The van der Waals surface area contributed by atoms with Crippen LogP contribution in [0.25, 0.3) is 55.3 Å². The molecule has 298 valence electrons. The summed E-state index contributed by atoms with van der Waals surface area (Å²) in [4.78, 5) is 2.45. The molecule has 12 rings (SSSR count). The maximum absolute atomic E-state index is 2.47. The lowest BCUT2D eigenvalue weighted by molar-refractivity contribution is 0.662. The number of anilines is 3. The van der Waals surface area contributed by atoms with Crippen LogP contribution in [-0.4, -0.2) is 0 Å². The maximum atomic E-state index is 2.47. The minimum atomic E-state index is -0.509. The van der Waals surface area contributed by atoms with Crippen LogP contribution in [0.2, 0.25) is 0 Å². The lowest BCUT2D eigenvalue weighted by atomic mass is 9.67. The average molecular weight is 804 g/mol. The van der Waals surface area contributed by atoms with Gasteiger partial charge in [-0.05, 0) is 131 Å². The molecule has 0 N–H and O–H groups in total. The van der Waals surface area contributed by atoms with E-state index in [1.807, 2.05) is 0 Å². The van der Waals surface area contributed by atoms with Crippen molar-refractivity contribution in [2.75, 3.05) is 4.90 Å². The van der Waals surface area contributed by atoms with Gasteiger partial charge in [0.2, 0.25) is 0 Å². The zero-order chi connectivity index (χ0) is 42.1. The molecule has 0 saturated carbocycles. The lowest BCUT2D eigenvalue weighted by Gasteiger charge is -2.35. The van der Waals surface area contributed by atoms with Crippen molar-refractivity contribution in [3.05, 3.63) is 270 Å². The van der Waals surface area contributed by atoms with E-state index >= 15 is 0 Å². The Morgan fingerprint density at radius 2 is 0.825 bits per heavy atom. The molecule has 63 heavy (non-hydrogen) atoms. The Bertz CT molecular complexity index is 3320. The Morgan fingerprint density at radius 1 is 0.302 bits per heavy atom. The van der Waals surface area contributed by atoms with E-state index in [-0.39, 0.29) is 5.41 Å². The fourth-order valence-corrected chi connectivity index (χ4v) is 11.1. The summed E-state index contributed by atoms with van der Waals surface area (Å²) in [7, 11) is 0. The maximum Gasteiger partial charge on any atom is 0.0714 e. The SMILES string of the molecule is CC1(C)c2ccccc2-c2cccc(-c3ccc(N(c4cccc(-c5ccc6ccccc6c5)c4)c4ccc5c(c4)C(c4ccccc4)(c4ccccc4)c4ccccc4-5)cc3)c21. The first-order chi connectivity index (χ1) is 31.0. The molecular weight excluding hydrogens is 759 g/mol. The van der Waals surface area contributed by atoms with Crippen molar-refractivity contribution in [3.8, 4) is 44.5 Å². The number of fused-ring (bicyclic) bond motifs is 7. The van der Waals surface area contributed by atoms with Crippen LogP contribution < -0.4 is 4.90 Å². The first-order valence-corrected chi connectivity index (χ1v) is 22.1. The van der Waals surface area contributed by atoms with Gasteiger partial charge < -0.3 is 4.90 Å². The minimum Gasteiger partial charge on any atom is -0.310 e. The summed E-state index contributed by atoms with van der Waals surface area (Å²) in [5, 5.41) is 2.48. The molecule has 10 aromatic rings. The summed E-state index contributed by atoms with van der Waals surface area (Å²) in [5.74, 6) is 0. The number of hydrogen-bond donors (Lipinski definition) is 0. The van der Waals surface area contributed by atoms with Crippen molar-refractivity contribution in [1.29, 1.82) is 0 Å². The van der Waals surface area contributed by atoms with Gasteiger partial charge in [0.15, 0.2) is 0 Å². The van der Waals surface area contributed by atoms with Gasteiger partial charge in [0.1, 0.15) is 0 Å². The third kappa shape index (κ3) is 5.70. The van der Waals surface area contributed by atoms with Crippen LogP contribution in [0.1, 0.15) is 47.2 Å². The molecular formula is C62H45N. The summed E-state index contributed by atoms with van der Waals surface area (Å²) in [6.07, 6.45) is 0. The zero-order valence-electron chi connectivity index (χ0n) is 35.5. The van der Waals surface area contributed by atoms with E-state index < -0.39 is 5.41 Å². The van der Waals surface area contributed by atoms with Gasteiger partial charge in [-0.25, -0.2) is 0 Å². The topological polar surface area (TPSA) is 3.24 Å². The number of nitrogens with zero attached hydrogens (tertiary/aromatic N) is 1. The summed E-state index contributed by atoms with van der Waals surface area (Å²) < 4.78 is 0. The van der Waals surface area contributed by atoms with E-state index in [0.717, 1.165) is 17.1 Å². The van der Waals surface area contributed by atoms with Gasteiger partial charge in [-0.3, -0.25) is 0 Å².